The summed E-state index contributed by atoms with van der Waals surface area (Å²) in [6.45, 7) is 1.46. The van der Waals surface area contributed by atoms with E-state index in [0.717, 1.165) is 35.2 Å². The fourth-order valence-corrected chi connectivity index (χ4v) is 3.53. The van der Waals surface area contributed by atoms with Gasteiger partial charge in [-0.15, -0.1) is 11.8 Å². The van der Waals surface area contributed by atoms with Crippen LogP contribution in [0.15, 0.2) is 41.4 Å². The van der Waals surface area contributed by atoms with Crippen LogP contribution in [0.3, 0.4) is 0 Å². The molecule has 3 rings (SSSR count). The van der Waals surface area contributed by atoms with E-state index >= 15 is 0 Å². The van der Waals surface area contributed by atoms with E-state index in [1.807, 2.05) is 30.3 Å². The molecule has 1 fully saturated rings. The zero-order chi connectivity index (χ0) is 17.5. The van der Waals surface area contributed by atoms with Crippen LogP contribution in [0.4, 0.5) is 0 Å². The summed E-state index contributed by atoms with van der Waals surface area (Å²) in [5, 5.41) is 4.49. The maximum atomic E-state index is 12.0. The van der Waals surface area contributed by atoms with Crippen LogP contribution in [0, 0.1) is 0 Å². The number of hydrogen-bond acceptors (Lipinski definition) is 5. The number of nitrogens with zero attached hydrogens (tertiary/aromatic N) is 1. The first kappa shape index (κ1) is 17.9. The van der Waals surface area contributed by atoms with Gasteiger partial charge in [0.2, 0.25) is 5.91 Å². The van der Waals surface area contributed by atoms with E-state index in [0.29, 0.717) is 11.7 Å². The van der Waals surface area contributed by atoms with E-state index in [4.69, 9.17) is 17.0 Å². The van der Waals surface area contributed by atoms with Gasteiger partial charge in [0, 0.05) is 29.6 Å². The van der Waals surface area contributed by atoms with Gasteiger partial charge in [-0.05, 0) is 37.2 Å². The van der Waals surface area contributed by atoms with Crippen molar-refractivity contribution < 1.29 is 9.53 Å². The fourth-order valence-electron chi connectivity index (χ4n) is 2.55. The Labute approximate surface area is 156 Å². The predicted octanol–water partition coefficient (Wildman–Crippen LogP) is 2.00. The number of thiocarbonyl (C=S) groups is 1. The van der Waals surface area contributed by atoms with Crippen molar-refractivity contribution in [2.75, 3.05) is 18.9 Å². The topological polar surface area (TPSA) is 75.3 Å². The van der Waals surface area contributed by atoms with Gasteiger partial charge in [-0.1, -0.05) is 18.2 Å². The third-order valence-electron chi connectivity index (χ3n) is 3.78. The lowest BCUT2D eigenvalue weighted by Crippen LogP contribution is -2.48. The summed E-state index contributed by atoms with van der Waals surface area (Å²) in [5.74, 6) is 0.121. The first-order chi connectivity index (χ1) is 12.2. The second kappa shape index (κ2) is 8.98. The van der Waals surface area contributed by atoms with Crippen LogP contribution in [0.25, 0.3) is 10.9 Å². The molecule has 1 atom stereocenters. The zero-order valence-corrected chi connectivity index (χ0v) is 15.3. The predicted molar refractivity (Wildman–Crippen MR) is 103 cm³/mol. The van der Waals surface area contributed by atoms with Gasteiger partial charge in [-0.3, -0.25) is 20.6 Å². The minimum absolute atomic E-state index is 0.154. The number of aromatic nitrogens is 1. The van der Waals surface area contributed by atoms with E-state index in [9.17, 15) is 4.79 Å². The summed E-state index contributed by atoms with van der Waals surface area (Å²) in [6, 6.07) is 9.84. The van der Waals surface area contributed by atoms with Gasteiger partial charge in [0.1, 0.15) is 0 Å². The van der Waals surface area contributed by atoms with Crippen molar-refractivity contribution >= 4 is 45.9 Å². The number of pyridine rings is 1. The molecule has 0 bridgehead atoms. The van der Waals surface area contributed by atoms with E-state index < -0.39 is 0 Å². The van der Waals surface area contributed by atoms with Crippen LogP contribution >= 0.6 is 24.0 Å². The summed E-state index contributed by atoms with van der Waals surface area (Å²) in [5.41, 5.74) is 6.22. The van der Waals surface area contributed by atoms with Gasteiger partial charge >= 0.3 is 0 Å². The maximum Gasteiger partial charge on any atom is 0.248 e. The standard InChI is InChI=1S/C17H20N4O2S2/c22-15(20-21-17(24)19-10-13-6-3-9-23-13)11-25-14-7-1-4-12-5-2-8-18-16(12)14/h1-2,4-5,7-8,13H,3,6,9-11H2,(H,20,22)(H2,19,21,24)/t13-/m0/s1. The molecule has 1 aliphatic rings. The molecule has 0 radical (unpaired) electrons. The van der Waals surface area contributed by atoms with Crippen LogP contribution in [0.1, 0.15) is 12.8 Å². The lowest BCUT2D eigenvalue weighted by Gasteiger charge is -2.14. The van der Waals surface area contributed by atoms with E-state index in [1.165, 1.54) is 11.8 Å². The Kier molecular flexibility index (Phi) is 6.43. The van der Waals surface area contributed by atoms with Crippen molar-refractivity contribution in [1.29, 1.82) is 0 Å². The number of rotatable bonds is 5. The number of fused-ring (bicyclic) bond motifs is 1. The number of amides is 1. The Morgan fingerprint density at radius 3 is 3.04 bits per heavy atom. The molecule has 6 nitrogen and oxygen atoms in total. The Morgan fingerprint density at radius 1 is 1.32 bits per heavy atom. The number of benzene rings is 1. The molecule has 0 unspecified atom stereocenters. The van der Waals surface area contributed by atoms with Crippen LogP contribution in [-0.4, -0.2) is 41.0 Å². The summed E-state index contributed by atoms with van der Waals surface area (Å²) in [6.07, 6.45) is 4.08. The SMILES string of the molecule is O=C(CSc1cccc2cccnc12)NNC(=S)NC[C@@H]1CCCO1. The van der Waals surface area contributed by atoms with Crippen LogP contribution in [0.2, 0.25) is 0 Å². The number of hydrogen-bond donors (Lipinski definition) is 3. The van der Waals surface area contributed by atoms with Gasteiger partial charge in [0.25, 0.3) is 0 Å². The third-order valence-corrected chi connectivity index (χ3v) is 5.08. The maximum absolute atomic E-state index is 12.0. The van der Waals surface area contributed by atoms with Crippen LogP contribution < -0.4 is 16.2 Å². The Bertz CT molecular complexity index is 745. The summed E-state index contributed by atoms with van der Waals surface area (Å²) in [7, 11) is 0. The second-order valence-corrected chi connectivity index (χ2v) is 7.06. The van der Waals surface area contributed by atoms with Gasteiger partial charge in [0.05, 0.1) is 17.4 Å². The largest absolute Gasteiger partial charge is 0.376 e. The molecule has 1 aromatic heterocycles. The molecule has 1 aliphatic heterocycles. The molecular weight excluding hydrogens is 356 g/mol. The second-order valence-electron chi connectivity index (χ2n) is 5.64. The molecule has 1 amide bonds. The molecule has 1 saturated heterocycles. The minimum Gasteiger partial charge on any atom is -0.376 e. The first-order valence-electron chi connectivity index (χ1n) is 8.13. The van der Waals surface area contributed by atoms with Gasteiger partial charge in [-0.25, -0.2) is 0 Å². The van der Waals surface area contributed by atoms with Crippen molar-refractivity contribution in [1.82, 2.24) is 21.2 Å². The van der Waals surface area contributed by atoms with E-state index in [1.54, 1.807) is 6.20 Å². The highest BCUT2D eigenvalue weighted by Crippen LogP contribution is 2.25. The molecule has 0 spiro atoms. The smallest absolute Gasteiger partial charge is 0.248 e. The van der Waals surface area contributed by atoms with Crippen molar-refractivity contribution in [2.24, 2.45) is 0 Å². The fraction of sp³-hybridized carbons (Fsp3) is 0.353. The van der Waals surface area contributed by atoms with Crippen molar-refractivity contribution in [2.45, 2.75) is 23.8 Å². The van der Waals surface area contributed by atoms with E-state index in [-0.39, 0.29) is 17.8 Å². The molecule has 8 heteroatoms. The third kappa shape index (κ3) is 5.29. The Balaban J connectivity index is 1.41. The number of ether oxygens (including phenoxy) is 1. The van der Waals surface area contributed by atoms with Gasteiger partial charge in [-0.2, -0.15) is 0 Å². The van der Waals surface area contributed by atoms with Gasteiger partial charge < -0.3 is 10.1 Å². The van der Waals surface area contributed by atoms with Gasteiger partial charge in [0.15, 0.2) is 5.11 Å². The highest BCUT2D eigenvalue weighted by molar-refractivity contribution is 8.00. The van der Waals surface area contributed by atoms with E-state index in [2.05, 4.69) is 21.2 Å². The quantitative estimate of drug-likeness (QED) is 0.419. The lowest BCUT2D eigenvalue weighted by atomic mass is 10.2. The number of carbonyl (C=O) groups excluding carboxylic acids is 1. The molecule has 0 aliphatic carbocycles. The summed E-state index contributed by atoms with van der Waals surface area (Å²) in [4.78, 5) is 17.4. The number of nitrogens with one attached hydrogen (secondary N) is 3. The lowest BCUT2D eigenvalue weighted by molar-refractivity contribution is -0.119. The normalized spacial score (nSPS) is 16.6. The molecule has 3 N–H and O–H groups in total. The highest BCUT2D eigenvalue weighted by atomic mass is 32.2. The zero-order valence-electron chi connectivity index (χ0n) is 13.7. The first-order valence-corrected chi connectivity index (χ1v) is 9.52. The average Bonchev–Trinajstić information content (AvgIpc) is 3.16. The van der Waals surface area contributed by atoms with Crippen molar-refractivity contribution in [3.8, 4) is 0 Å². The summed E-state index contributed by atoms with van der Waals surface area (Å²) >= 11 is 6.58. The summed E-state index contributed by atoms with van der Waals surface area (Å²) < 4.78 is 5.51. The number of thioether (sulfide) groups is 1. The average molecular weight is 377 g/mol. The molecular formula is C17H20N4O2S2. The monoisotopic (exact) mass is 376 g/mol. The highest BCUT2D eigenvalue weighted by Gasteiger charge is 2.15. The number of hydrazine groups is 1. The molecule has 25 heavy (non-hydrogen) atoms. The molecule has 0 saturated carbocycles. The van der Waals surface area contributed by atoms with Crippen LogP contribution in [-0.2, 0) is 9.53 Å². The molecule has 2 heterocycles. The minimum atomic E-state index is -0.154. The number of carbonyl (C=O) groups is 1. The Morgan fingerprint density at radius 2 is 2.20 bits per heavy atom. The molecule has 1 aromatic carbocycles. The molecule has 2 aromatic rings. The van der Waals surface area contributed by atoms with Crippen LogP contribution in [0.5, 0.6) is 0 Å². The Hall–Kier alpha value is -1.90. The molecule has 132 valence electrons. The number of para-hydroxylation sites is 1. The van der Waals surface area contributed by atoms with Crippen molar-refractivity contribution in [3.05, 3.63) is 36.5 Å². The van der Waals surface area contributed by atoms with Crippen molar-refractivity contribution in [3.63, 3.8) is 0 Å².